The van der Waals surface area contributed by atoms with Crippen LogP contribution in [0.25, 0.3) is 0 Å². The Morgan fingerprint density at radius 1 is 1.15 bits per heavy atom. The van der Waals surface area contributed by atoms with Crippen LogP contribution in [0.15, 0.2) is 54.7 Å². The minimum Gasteiger partial charge on any atom is -0.396 e. The first-order valence-corrected chi connectivity index (χ1v) is 12.4. The molecule has 0 aliphatic heterocycles. The molecular weight excluding hydrogens is 422 g/mol. The molecule has 5 rings (SSSR count). The topological polar surface area (TPSA) is 75.1 Å². The molecule has 5 nitrogen and oxygen atoms in total. The van der Waals surface area contributed by atoms with Crippen molar-refractivity contribution in [3.05, 3.63) is 88.4 Å². The summed E-state index contributed by atoms with van der Waals surface area (Å²) >= 11 is 0. The highest BCUT2D eigenvalue weighted by Gasteiger charge is 2.47. The van der Waals surface area contributed by atoms with Gasteiger partial charge in [-0.25, -0.2) is 4.98 Å². The molecule has 0 saturated heterocycles. The van der Waals surface area contributed by atoms with E-state index in [0.717, 1.165) is 49.9 Å². The van der Waals surface area contributed by atoms with Crippen molar-refractivity contribution in [2.75, 3.05) is 11.9 Å². The van der Waals surface area contributed by atoms with Crippen LogP contribution in [0.1, 0.15) is 64.1 Å². The quantitative estimate of drug-likeness (QED) is 0.556. The summed E-state index contributed by atoms with van der Waals surface area (Å²) in [5, 5.41) is 12.8. The highest BCUT2D eigenvalue weighted by molar-refractivity contribution is 6.04. The van der Waals surface area contributed by atoms with Gasteiger partial charge in [0.1, 0.15) is 0 Å². The first-order chi connectivity index (χ1) is 16.5. The number of hydrogen-bond donors (Lipinski definition) is 2. The van der Waals surface area contributed by atoms with E-state index in [1.807, 2.05) is 19.9 Å². The second-order valence-corrected chi connectivity index (χ2v) is 10.1. The molecule has 2 aliphatic rings. The summed E-state index contributed by atoms with van der Waals surface area (Å²) in [7, 11) is 0. The van der Waals surface area contributed by atoms with Gasteiger partial charge in [0.2, 0.25) is 0 Å². The molecule has 2 aliphatic carbocycles. The molecule has 0 bridgehead atoms. The molecule has 5 heteroatoms. The van der Waals surface area contributed by atoms with Crippen LogP contribution in [-0.4, -0.2) is 27.6 Å². The molecule has 3 aromatic rings. The fraction of sp³-hybridized carbons (Fsp3) is 0.414. The van der Waals surface area contributed by atoms with Crippen molar-refractivity contribution in [3.8, 4) is 0 Å². The van der Waals surface area contributed by atoms with E-state index < -0.39 is 0 Å². The molecule has 34 heavy (non-hydrogen) atoms. The molecule has 0 spiro atoms. The SMILES string of the molecule is Cc1cnc(NC(=O)c2ccc3c(c2)CCC2C[C@H](CO)CC[C@@]32Cc2ccccc2)c(C)n1. The van der Waals surface area contributed by atoms with Crippen molar-refractivity contribution in [3.63, 3.8) is 0 Å². The number of benzene rings is 2. The smallest absolute Gasteiger partial charge is 0.256 e. The van der Waals surface area contributed by atoms with Gasteiger partial charge in [0, 0.05) is 17.6 Å². The Morgan fingerprint density at radius 2 is 1.97 bits per heavy atom. The minimum atomic E-state index is -0.146. The summed E-state index contributed by atoms with van der Waals surface area (Å²) in [6, 6.07) is 17.0. The highest BCUT2D eigenvalue weighted by atomic mass is 16.3. The number of rotatable bonds is 5. The molecule has 1 fully saturated rings. The Labute approximate surface area is 201 Å². The summed E-state index contributed by atoms with van der Waals surface area (Å²) in [5.41, 5.74) is 6.32. The van der Waals surface area contributed by atoms with E-state index >= 15 is 0 Å². The van der Waals surface area contributed by atoms with Crippen molar-refractivity contribution in [1.29, 1.82) is 0 Å². The number of anilines is 1. The van der Waals surface area contributed by atoms with E-state index in [9.17, 15) is 9.90 Å². The van der Waals surface area contributed by atoms with Gasteiger partial charge in [0.15, 0.2) is 5.82 Å². The third kappa shape index (κ3) is 4.25. The lowest BCUT2D eigenvalue weighted by molar-refractivity contribution is 0.0823. The van der Waals surface area contributed by atoms with E-state index in [4.69, 9.17) is 0 Å². The molecular formula is C29H33N3O2. The van der Waals surface area contributed by atoms with Crippen molar-refractivity contribution in [2.45, 2.75) is 57.8 Å². The predicted molar refractivity (Wildman–Crippen MR) is 134 cm³/mol. The molecule has 176 valence electrons. The number of fused-ring (bicyclic) bond motifs is 3. The maximum absolute atomic E-state index is 13.1. The lowest BCUT2D eigenvalue weighted by atomic mass is 9.53. The molecule has 1 heterocycles. The van der Waals surface area contributed by atoms with E-state index in [1.54, 1.807) is 6.20 Å². The third-order valence-electron chi connectivity index (χ3n) is 7.98. The van der Waals surface area contributed by atoms with Gasteiger partial charge in [-0.05, 0) is 93.0 Å². The summed E-state index contributed by atoms with van der Waals surface area (Å²) < 4.78 is 0. The van der Waals surface area contributed by atoms with Gasteiger partial charge >= 0.3 is 0 Å². The zero-order chi connectivity index (χ0) is 23.7. The molecule has 3 atom stereocenters. The van der Waals surface area contributed by atoms with Crippen LogP contribution in [0.5, 0.6) is 0 Å². The average molecular weight is 456 g/mol. The number of aromatic nitrogens is 2. The summed E-state index contributed by atoms with van der Waals surface area (Å²) in [6.45, 7) is 4.03. The third-order valence-corrected chi connectivity index (χ3v) is 7.98. The average Bonchev–Trinajstić information content (AvgIpc) is 2.85. The highest BCUT2D eigenvalue weighted by Crippen LogP contribution is 2.53. The number of aliphatic hydroxyl groups excluding tert-OH is 1. The number of nitrogens with one attached hydrogen (secondary N) is 1. The second kappa shape index (κ2) is 9.30. The molecule has 1 aromatic heterocycles. The number of carbonyl (C=O) groups excluding carboxylic acids is 1. The number of hydrogen-bond acceptors (Lipinski definition) is 4. The molecule has 1 amide bonds. The summed E-state index contributed by atoms with van der Waals surface area (Å²) in [6.07, 6.45) is 7.96. The monoisotopic (exact) mass is 455 g/mol. The van der Waals surface area contributed by atoms with Crippen LogP contribution in [0.4, 0.5) is 5.82 Å². The van der Waals surface area contributed by atoms with Crippen LogP contribution in [0.2, 0.25) is 0 Å². The Balaban J connectivity index is 1.47. The number of amides is 1. The number of aliphatic hydroxyl groups is 1. The summed E-state index contributed by atoms with van der Waals surface area (Å²) in [4.78, 5) is 21.8. The summed E-state index contributed by atoms with van der Waals surface area (Å²) in [5.74, 6) is 1.32. The van der Waals surface area contributed by atoms with Gasteiger partial charge < -0.3 is 10.4 Å². The fourth-order valence-electron chi connectivity index (χ4n) is 6.27. The van der Waals surface area contributed by atoms with Gasteiger partial charge in [-0.3, -0.25) is 9.78 Å². The number of carbonyl (C=O) groups is 1. The van der Waals surface area contributed by atoms with Gasteiger partial charge in [-0.15, -0.1) is 0 Å². The Hall–Kier alpha value is -3.05. The lowest BCUT2D eigenvalue weighted by Gasteiger charge is -2.51. The standard InChI is InChI=1S/C29H33N3O2/c1-19-17-30-27(20(2)31-19)32-28(34)24-9-11-26-23(15-24)8-10-25-14-22(18-33)12-13-29(25,26)16-21-6-4-3-5-7-21/h3-7,9,11,15,17,22,25,33H,8,10,12-14,16,18H2,1-2H3,(H,30,32,34)/t22-,25?,29+/m1/s1. The van der Waals surface area contributed by atoms with Crippen molar-refractivity contribution < 1.29 is 9.90 Å². The van der Waals surface area contributed by atoms with Crippen LogP contribution in [0.3, 0.4) is 0 Å². The van der Waals surface area contributed by atoms with Crippen LogP contribution < -0.4 is 5.32 Å². The van der Waals surface area contributed by atoms with Crippen molar-refractivity contribution in [2.24, 2.45) is 11.8 Å². The molecule has 1 saturated carbocycles. The van der Waals surface area contributed by atoms with Gasteiger partial charge in [0.05, 0.1) is 17.6 Å². The maximum Gasteiger partial charge on any atom is 0.256 e. The normalized spacial score (nSPS) is 23.6. The zero-order valence-corrected chi connectivity index (χ0v) is 20.1. The maximum atomic E-state index is 13.1. The molecule has 0 radical (unpaired) electrons. The largest absolute Gasteiger partial charge is 0.396 e. The Bertz CT molecular complexity index is 1190. The van der Waals surface area contributed by atoms with Crippen LogP contribution in [-0.2, 0) is 18.3 Å². The van der Waals surface area contributed by atoms with E-state index in [0.29, 0.717) is 23.2 Å². The Morgan fingerprint density at radius 3 is 2.74 bits per heavy atom. The van der Waals surface area contributed by atoms with Crippen LogP contribution in [0, 0.1) is 25.7 Å². The first kappa shape index (κ1) is 22.7. The zero-order valence-electron chi connectivity index (χ0n) is 20.1. The van der Waals surface area contributed by atoms with E-state index in [-0.39, 0.29) is 17.9 Å². The van der Waals surface area contributed by atoms with Crippen LogP contribution >= 0.6 is 0 Å². The van der Waals surface area contributed by atoms with Crippen molar-refractivity contribution >= 4 is 11.7 Å². The molecule has 2 aromatic carbocycles. The Kier molecular flexibility index (Phi) is 6.22. The first-order valence-electron chi connectivity index (χ1n) is 12.4. The fourth-order valence-corrected chi connectivity index (χ4v) is 6.27. The number of aryl methyl sites for hydroxylation is 3. The van der Waals surface area contributed by atoms with Gasteiger partial charge in [0.25, 0.3) is 5.91 Å². The molecule has 2 N–H and O–H groups in total. The predicted octanol–water partition coefficient (Wildman–Crippen LogP) is 5.18. The minimum absolute atomic E-state index is 0.0641. The van der Waals surface area contributed by atoms with Gasteiger partial charge in [-0.2, -0.15) is 0 Å². The lowest BCUT2D eigenvalue weighted by Crippen LogP contribution is -2.46. The molecule has 1 unspecified atom stereocenters. The second-order valence-electron chi connectivity index (χ2n) is 10.1. The van der Waals surface area contributed by atoms with Gasteiger partial charge in [-0.1, -0.05) is 36.4 Å². The van der Waals surface area contributed by atoms with Crippen molar-refractivity contribution in [1.82, 2.24) is 9.97 Å². The van der Waals surface area contributed by atoms with E-state index in [1.165, 1.54) is 16.7 Å². The van der Waals surface area contributed by atoms with E-state index in [2.05, 4.69) is 57.7 Å². The number of nitrogens with zero attached hydrogens (tertiary/aromatic N) is 2.